The highest BCUT2D eigenvalue weighted by Crippen LogP contribution is 2.39. The van der Waals surface area contributed by atoms with Gasteiger partial charge < -0.3 is 9.47 Å². The highest BCUT2D eigenvalue weighted by Gasteiger charge is 2.25. The first-order valence-electron chi connectivity index (χ1n) is 11.4. The van der Waals surface area contributed by atoms with Gasteiger partial charge >= 0.3 is 0 Å². The molecular weight excluding hydrogens is 487 g/mol. The summed E-state index contributed by atoms with van der Waals surface area (Å²) in [5.74, 6) is 0.869. The maximum absolute atomic E-state index is 14.5. The Bertz CT molecular complexity index is 1440. The molecule has 1 unspecified atom stereocenters. The molecule has 0 N–H and O–H groups in total. The van der Waals surface area contributed by atoms with E-state index in [2.05, 4.69) is 0 Å². The van der Waals surface area contributed by atoms with E-state index < -0.39 is 6.29 Å². The minimum absolute atomic E-state index is 0.113. The van der Waals surface area contributed by atoms with Gasteiger partial charge in [-0.05, 0) is 36.2 Å². The first-order valence-corrected chi connectivity index (χ1v) is 12.7. The molecule has 5 rings (SSSR count). The first kappa shape index (κ1) is 23.9. The molecule has 0 aliphatic carbocycles. The van der Waals surface area contributed by atoms with E-state index in [0.717, 1.165) is 5.56 Å². The van der Waals surface area contributed by atoms with Crippen LogP contribution in [0.3, 0.4) is 0 Å². The Labute approximate surface area is 211 Å². The van der Waals surface area contributed by atoms with Gasteiger partial charge in [0.25, 0.3) is 5.56 Å². The number of hydrogen-bond donors (Lipinski definition) is 0. The van der Waals surface area contributed by atoms with Gasteiger partial charge in [0.05, 0.1) is 17.5 Å². The van der Waals surface area contributed by atoms with E-state index in [-0.39, 0.29) is 23.9 Å². The minimum Gasteiger partial charge on any atom is -0.460 e. The first-order chi connectivity index (χ1) is 16.9. The van der Waals surface area contributed by atoms with Gasteiger partial charge in [0, 0.05) is 34.0 Å². The second kappa shape index (κ2) is 10.0. The lowest BCUT2D eigenvalue weighted by atomic mass is 10.1. The van der Waals surface area contributed by atoms with E-state index >= 15 is 0 Å². The molecule has 0 radical (unpaired) electrons. The maximum Gasteiger partial charge on any atom is 0.262 e. The molecule has 5 nitrogen and oxygen atoms in total. The molecule has 0 fully saturated rings. The number of ether oxygens (including phenoxy) is 2. The molecule has 1 aromatic heterocycles. The number of rotatable bonds is 6. The second-order valence-electron chi connectivity index (χ2n) is 8.88. The van der Waals surface area contributed by atoms with Crippen LogP contribution in [0.5, 0.6) is 5.75 Å². The molecule has 1 aliphatic rings. The Hall–Kier alpha value is -2.87. The van der Waals surface area contributed by atoms with Gasteiger partial charge in [0.2, 0.25) is 6.29 Å². The van der Waals surface area contributed by atoms with Crippen molar-refractivity contribution < 1.29 is 13.9 Å². The summed E-state index contributed by atoms with van der Waals surface area (Å²) in [6.07, 6.45) is -0.571. The van der Waals surface area contributed by atoms with Crippen LogP contribution in [-0.4, -0.2) is 9.55 Å². The Balaban J connectivity index is 1.50. The van der Waals surface area contributed by atoms with Crippen molar-refractivity contribution in [3.8, 4) is 5.75 Å². The summed E-state index contributed by atoms with van der Waals surface area (Å²) in [5.41, 5.74) is 2.66. The summed E-state index contributed by atoms with van der Waals surface area (Å²) in [6.45, 7) is 4.87. The fraction of sp³-hybridized carbons (Fsp3) is 0.259. The van der Waals surface area contributed by atoms with Crippen molar-refractivity contribution in [2.75, 3.05) is 0 Å². The number of hydrogen-bond acceptors (Lipinski definition) is 5. The van der Waals surface area contributed by atoms with Crippen LogP contribution < -0.4 is 10.3 Å². The Morgan fingerprint density at radius 3 is 2.74 bits per heavy atom. The van der Waals surface area contributed by atoms with Crippen LogP contribution >= 0.6 is 23.4 Å². The van der Waals surface area contributed by atoms with Crippen LogP contribution in [0.4, 0.5) is 4.39 Å². The molecule has 2 heterocycles. The summed E-state index contributed by atoms with van der Waals surface area (Å²) in [4.78, 5) is 18.0. The molecular formula is C27H24ClFN2O3S. The van der Waals surface area contributed by atoms with Crippen molar-refractivity contribution in [1.29, 1.82) is 0 Å². The molecule has 180 valence electrons. The lowest BCUT2D eigenvalue weighted by Crippen LogP contribution is -2.25. The van der Waals surface area contributed by atoms with Crippen molar-refractivity contribution in [2.45, 2.75) is 44.2 Å². The lowest BCUT2D eigenvalue weighted by Gasteiger charge is -2.28. The topological polar surface area (TPSA) is 53.4 Å². The van der Waals surface area contributed by atoms with Crippen LogP contribution in [0.1, 0.15) is 36.8 Å². The van der Waals surface area contributed by atoms with Crippen LogP contribution in [0.2, 0.25) is 5.02 Å². The zero-order valence-corrected chi connectivity index (χ0v) is 20.9. The minimum atomic E-state index is -0.571. The summed E-state index contributed by atoms with van der Waals surface area (Å²) >= 11 is 7.53. The van der Waals surface area contributed by atoms with Crippen molar-refractivity contribution in [3.63, 3.8) is 0 Å². The maximum atomic E-state index is 14.5. The third-order valence-electron chi connectivity index (χ3n) is 5.68. The van der Waals surface area contributed by atoms with Gasteiger partial charge in [0.15, 0.2) is 5.16 Å². The predicted octanol–water partition coefficient (Wildman–Crippen LogP) is 6.75. The smallest absolute Gasteiger partial charge is 0.262 e. The van der Waals surface area contributed by atoms with E-state index in [1.54, 1.807) is 22.8 Å². The summed E-state index contributed by atoms with van der Waals surface area (Å²) < 4.78 is 28.2. The Kier molecular flexibility index (Phi) is 6.82. The highest BCUT2D eigenvalue weighted by molar-refractivity contribution is 7.98. The molecule has 0 saturated heterocycles. The zero-order valence-electron chi connectivity index (χ0n) is 19.3. The van der Waals surface area contributed by atoms with Gasteiger partial charge in [-0.2, -0.15) is 0 Å². The molecule has 0 bridgehead atoms. The van der Waals surface area contributed by atoms with Crippen LogP contribution in [0.25, 0.3) is 10.9 Å². The summed E-state index contributed by atoms with van der Waals surface area (Å²) in [6, 6.07) is 17.6. The van der Waals surface area contributed by atoms with E-state index in [9.17, 15) is 9.18 Å². The van der Waals surface area contributed by atoms with Gasteiger partial charge in [-0.15, -0.1) is 0 Å². The fourth-order valence-corrected chi connectivity index (χ4v) is 5.25. The largest absolute Gasteiger partial charge is 0.460 e. The summed E-state index contributed by atoms with van der Waals surface area (Å²) in [5, 5.41) is 1.60. The van der Waals surface area contributed by atoms with E-state index in [1.165, 1.54) is 23.9 Å². The molecule has 4 aromatic rings. The van der Waals surface area contributed by atoms with Crippen molar-refractivity contribution in [3.05, 3.63) is 98.5 Å². The van der Waals surface area contributed by atoms with Gasteiger partial charge in [-0.1, -0.05) is 67.5 Å². The number of nitrogens with zero attached hydrogens (tertiary/aromatic N) is 2. The fourth-order valence-electron chi connectivity index (χ4n) is 4.11. The van der Waals surface area contributed by atoms with E-state index in [0.29, 0.717) is 50.3 Å². The number of halogens is 2. The van der Waals surface area contributed by atoms with Gasteiger partial charge in [-0.25, -0.2) is 9.37 Å². The zero-order chi connectivity index (χ0) is 24.5. The normalized spacial score (nSPS) is 15.3. The number of thioether (sulfide) groups is 1. The van der Waals surface area contributed by atoms with Gasteiger partial charge in [-0.3, -0.25) is 9.36 Å². The number of fused-ring (bicyclic) bond motifs is 2. The Morgan fingerprint density at radius 2 is 1.97 bits per heavy atom. The predicted molar refractivity (Wildman–Crippen MR) is 136 cm³/mol. The van der Waals surface area contributed by atoms with E-state index in [1.807, 2.05) is 44.2 Å². The third-order valence-corrected chi connectivity index (χ3v) is 6.94. The second-order valence-corrected chi connectivity index (χ2v) is 10.3. The lowest BCUT2D eigenvalue weighted by molar-refractivity contribution is -0.112. The quantitative estimate of drug-likeness (QED) is 0.212. The van der Waals surface area contributed by atoms with E-state index in [4.69, 9.17) is 26.1 Å². The monoisotopic (exact) mass is 510 g/mol. The SMILES string of the molecule is CC(C)Cn1c(SCc2cc(F)cc3c2OC(c2ccccc2)OC3)nc2cc(Cl)ccc2c1=O. The molecule has 3 aromatic carbocycles. The highest BCUT2D eigenvalue weighted by atomic mass is 35.5. The number of aromatic nitrogens is 2. The average molecular weight is 511 g/mol. The molecule has 0 spiro atoms. The molecule has 1 aliphatic heterocycles. The third kappa shape index (κ3) is 5.08. The van der Waals surface area contributed by atoms with Crippen molar-refractivity contribution >= 4 is 34.3 Å². The van der Waals surface area contributed by atoms with Crippen LogP contribution in [0, 0.1) is 11.7 Å². The van der Waals surface area contributed by atoms with Crippen molar-refractivity contribution in [1.82, 2.24) is 9.55 Å². The van der Waals surface area contributed by atoms with Gasteiger partial charge in [0.1, 0.15) is 11.6 Å². The van der Waals surface area contributed by atoms with Crippen LogP contribution in [-0.2, 0) is 23.6 Å². The van der Waals surface area contributed by atoms with Crippen LogP contribution in [0.15, 0.2) is 70.6 Å². The average Bonchev–Trinajstić information content (AvgIpc) is 2.84. The summed E-state index contributed by atoms with van der Waals surface area (Å²) in [7, 11) is 0. The molecule has 0 saturated carbocycles. The Morgan fingerprint density at radius 1 is 1.17 bits per heavy atom. The molecule has 0 amide bonds. The molecule has 35 heavy (non-hydrogen) atoms. The number of benzene rings is 3. The van der Waals surface area contributed by atoms with Crippen molar-refractivity contribution in [2.24, 2.45) is 5.92 Å². The standard InChI is InChI=1S/C27H24ClFN2O3S/c1-16(2)13-31-25(32)22-9-8-20(28)12-23(22)30-27(31)35-15-19-11-21(29)10-18-14-33-26(34-24(18)19)17-6-4-3-5-7-17/h3-12,16,26H,13-15H2,1-2H3. The molecule has 1 atom stereocenters. The molecule has 8 heteroatoms.